The normalized spacial score (nSPS) is 13.7. The second-order valence-corrected chi connectivity index (χ2v) is 6.20. The van der Waals surface area contributed by atoms with Gasteiger partial charge in [-0.15, -0.1) is 0 Å². The van der Waals surface area contributed by atoms with E-state index in [-0.39, 0.29) is 5.91 Å². The SMILES string of the molecule is O=C(c1cnn(-c2ccccc2)c1)N(CC1CC1)c1ccccc1. The van der Waals surface area contributed by atoms with E-state index in [1.165, 1.54) is 12.8 Å². The quantitative estimate of drug-likeness (QED) is 0.715. The molecule has 1 fully saturated rings. The van der Waals surface area contributed by atoms with Crippen LogP contribution in [0.4, 0.5) is 5.69 Å². The summed E-state index contributed by atoms with van der Waals surface area (Å²) in [5.41, 5.74) is 2.51. The largest absolute Gasteiger partial charge is 0.308 e. The molecule has 0 aliphatic heterocycles. The second kappa shape index (κ2) is 6.32. The van der Waals surface area contributed by atoms with E-state index < -0.39 is 0 Å². The number of nitrogens with zero attached hydrogens (tertiary/aromatic N) is 3. The number of anilines is 1. The molecule has 1 aliphatic rings. The molecular formula is C20H19N3O. The van der Waals surface area contributed by atoms with Crippen molar-refractivity contribution >= 4 is 11.6 Å². The zero-order valence-electron chi connectivity index (χ0n) is 13.4. The molecule has 4 nitrogen and oxygen atoms in total. The first-order valence-corrected chi connectivity index (χ1v) is 8.28. The Labute approximate surface area is 141 Å². The van der Waals surface area contributed by atoms with Crippen molar-refractivity contribution in [3.8, 4) is 5.69 Å². The number of hydrogen-bond acceptors (Lipinski definition) is 2. The number of aromatic nitrogens is 2. The fraction of sp³-hybridized carbons (Fsp3) is 0.200. The summed E-state index contributed by atoms with van der Waals surface area (Å²) >= 11 is 0. The second-order valence-electron chi connectivity index (χ2n) is 6.20. The molecule has 0 unspecified atom stereocenters. The highest BCUT2D eigenvalue weighted by atomic mass is 16.2. The van der Waals surface area contributed by atoms with E-state index in [9.17, 15) is 4.79 Å². The molecular weight excluding hydrogens is 298 g/mol. The standard InChI is InChI=1S/C20H19N3O/c24-20(17-13-21-23(15-17)19-9-5-2-6-10-19)22(14-16-11-12-16)18-7-3-1-4-8-18/h1-10,13,15-16H,11-12,14H2. The van der Waals surface area contributed by atoms with Crippen LogP contribution in [0.25, 0.3) is 5.69 Å². The summed E-state index contributed by atoms with van der Waals surface area (Å²) in [6.07, 6.45) is 5.87. The minimum absolute atomic E-state index is 0.00952. The highest BCUT2D eigenvalue weighted by Crippen LogP contribution is 2.32. The van der Waals surface area contributed by atoms with Crippen LogP contribution in [0, 0.1) is 5.92 Å². The van der Waals surface area contributed by atoms with Crippen LogP contribution in [-0.2, 0) is 0 Å². The van der Waals surface area contributed by atoms with Gasteiger partial charge < -0.3 is 4.90 Å². The number of carbonyl (C=O) groups is 1. The summed E-state index contributed by atoms with van der Waals surface area (Å²) in [5, 5.41) is 4.35. The summed E-state index contributed by atoms with van der Waals surface area (Å²) in [5.74, 6) is 0.633. The lowest BCUT2D eigenvalue weighted by atomic mass is 10.2. The minimum Gasteiger partial charge on any atom is -0.308 e. The Bertz CT molecular complexity index is 822. The molecule has 1 saturated carbocycles. The Morgan fingerprint density at radius 1 is 1.04 bits per heavy atom. The van der Waals surface area contributed by atoms with Gasteiger partial charge in [-0.2, -0.15) is 5.10 Å². The van der Waals surface area contributed by atoms with E-state index in [0.717, 1.165) is 17.9 Å². The van der Waals surface area contributed by atoms with Gasteiger partial charge in [0.15, 0.2) is 0 Å². The summed E-state index contributed by atoms with van der Waals surface area (Å²) in [4.78, 5) is 14.9. The summed E-state index contributed by atoms with van der Waals surface area (Å²) < 4.78 is 1.74. The Balaban J connectivity index is 1.62. The fourth-order valence-corrected chi connectivity index (χ4v) is 2.78. The van der Waals surface area contributed by atoms with Crippen molar-refractivity contribution in [2.45, 2.75) is 12.8 Å². The number of rotatable bonds is 5. The molecule has 4 rings (SSSR count). The van der Waals surface area contributed by atoms with Gasteiger partial charge in [0, 0.05) is 18.4 Å². The Kier molecular flexibility index (Phi) is 3.87. The molecule has 1 amide bonds. The predicted octanol–water partition coefficient (Wildman–Crippen LogP) is 3.93. The van der Waals surface area contributed by atoms with Gasteiger partial charge in [-0.25, -0.2) is 4.68 Å². The van der Waals surface area contributed by atoms with Gasteiger partial charge in [-0.05, 0) is 43.0 Å². The van der Waals surface area contributed by atoms with Gasteiger partial charge in [-0.3, -0.25) is 4.79 Å². The third kappa shape index (κ3) is 3.08. The topological polar surface area (TPSA) is 38.1 Å². The van der Waals surface area contributed by atoms with Crippen LogP contribution in [-0.4, -0.2) is 22.2 Å². The zero-order chi connectivity index (χ0) is 16.4. The average molecular weight is 317 g/mol. The molecule has 120 valence electrons. The van der Waals surface area contributed by atoms with Crippen molar-refractivity contribution in [3.63, 3.8) is 0 Å². The van der Waals surface area contributed by atoms with E-state index in [1.54, 1.807) is 17.1 Å². The molecule has 3 aromatic rings. The van der Waals surface area contributed by atoms with Crippen molar-refractivity contribution in [2.75, 3.05) is 11.4 Å². The number of benzene rings is 2. The van der Waals surface area contributed by atoms with Crippen molar-refractivity contribution in [3.05, 3.63) is 78.6 Å². The lowest BCUT2D eigenvalue weighted by Gasteiger charge is -2.22. The van der Waals surface area contributed by atoms with Gasteiger partial charge in [0.05, 0.1) is 17.4 Å². The van der Waals surface area contributed by atoms with Gasteiger partial charge in [0.25, 0.3) is 5.91 Å². The fourth-order valence-electron chi connectivity index (χ4n) is 2.78. The predicted molar refractivity (Wildman–Crippen MR) is 94.4 cm³/mol. The highest BCUT2D eigenvalue weighted by Gasteiger charge is 2.28. The third-order valence-electron chi connectivity index (χ3n) is 4.30. The van der Waals surface area contributed by atoms with Gasteiger partial charge in [0.2, 0.25) is 0 Å². The smallest absolute Gasteiger partial charge is 0.261 e. The molecule has 0 radical (unpaired) electrons. The molecule has 2 aromatic carbocycles. The molecule has 0 atom stereocenters. The van der Waals surface area contributed by atoms with E-state index in [2.05, 4.69) is 5.10 Å². The van der Waals surface area contributed by atoms with Crippen LogP contribution in [0.5, 0.6) is 0 Å². The molecule has 0 N–H and O–H groups in total. The minimum atomic E-state index is 0.00952. The van der Waals surface area contributed by atoms with Crippen molar-refractivity contribution in [1.82, 2.24) is 9.78 Å². The lowest BCUT2D eigenvalue weighted by Crippen LogP contribution is -2.32. The summed E-state index contributed by atoms with van der Waals surface area (Å²) in [7, 11) is 0. The van der Waals surface area contributed by atoms with Gasteiger partial charge in [0.1, 0.15) is 0 Å². The Hall–Kier alpha value is -2.88. The number of amides is 1. The van der Waals surface area contributed by atoms with Crippen LogP contribution >= 0.6 is 0 Å². The molecule has 24 heavy (non-hydrogen) atoms. The Morgan fingerprint density at radius 3 is 2.38 bits per heavy atom. The van der Waals surface area contributed by atoms with E-state index in [1.807, 2.05) is 65.6 Å². The van der Waals surface area contributed by atoms with Crippen LogP contribution in [0.2, 0.25) is 0 Å². The zero-order valence-corrected chi connectivity index (χ0v) is 13.4. The molecule has 1 aromatic heterocycles. The number of carbonyl (C=O) groups excluding carboxylic acids is 1. The number of hydrogen-bond donors (Lipinski definition) is 0. The molecule has 1 aliphatic carbocycles. The van der Waals surface area contributed by atoms with Crippen LogP contribution in [0.15, 0.2) is 73.1 Å². The molecule has 0 spiro atoms. The van der Waals surface area contributed by atoms with Gasteiger partial charge in [-0.1, -0.05) is 36.4 Å². The summed E-state index contributed by atoms with van der Waals surface area (Å²) in [6, 6.07) is 19.7. The number of para-hydroxylation sites is 2. The lowest BCUT2D eigenvalue weighted by molar-refractivity contribution is 0.0985. The first kappa shape index (κ1) is 14.7. The molecule has 1 heterocycles. The van der Waals surface area contributed by atoms with E-state index in [4.69, 9.17) is 0 Å². The molecule has 0 bridgehead atoms. The maximum atomic E-state index is 13.0. The van der Waals surface area contributed by atoms with E-state index in [0.29, 0.717) is 11.5 Å². The third-order valence-corrected chi connectivity index (χ3v) is 4.30. The van der Waals surface area contributed by atoms with Gasteiger partial charge >= 0.3 is 0 Å². The first-order chi connectivity index (χ1) is 11.8. The van der Waals surface area contributed by atoms with Crippen molar-refractivity contribution in [1.29, 1.82) is 0 Å². The maximum absolute atomic E-state index is 13.0. The monoisotopic (exact) mass is 317 g/mol. The van der Waals surface area contributed by atoms with E-state index >= 15 is 0 Å². The first-order valence-electron chi connectivity index (χ1n) is 8.28. The molecule has 4 heteroatoms. The molecule has 0 saturated heterocycles. The maximum Gasteiger partial charge on any atom is 0.261 e. The van der Waals surface area contributed by atoms with Crippen LogP contribution in [0.3, 0.4) is 0 Å². The summed E-state index contributed by atoms with van der Waals surface area (Å²) in [6.45, 7) is 0.777. The average Bonchev–Trinajstić information content (AvgIpc) is 3.33. The van der Waals surface area contributed by atoms with Crippen molar-refractivity contribution in [2.24, 2.45) is 5.92 Å². The Morgan fingerprint density at radius 2 is 1.71 bits per heavy atom. The van der Waals surface area contributed by atoms with Crippen LogP contribution in [0.1, 0.15) is 23.2 Å². The highest BCUT2D eigenvalue weighted by molar-refractivity contribution is 6.05. The van der Waals surface area contributed by atoms with Crippen molar-refractivity contribution < 1.29 is 4.79 Å². The van der Waals surface area contributed by atoms with Crippen LogP contribution < -0.4 is 4.90 Å².